The molecule has 0 saturated carbocycles. The maximum Gasteiger partial charge on any atom is 0.224 e. The van der Waals surface area contributed by atoms with E-state index in [1.54, 1.807) is 6.20 Å². The third kappa shape index (κ3) is 1.91. The molecule has 0 aromatic carbocycles. The van der Waals surface area contributed by atoms with Crippen molar-refractivity contribution in [2.45, 2.75) is 17.8 Å². The summed E-state index contributed by atoms with van der Waals surface area (Å²) in [6, 6.07) is 1.88. The van der Waals surface area contributed by atoms with Crippen molar-refractivity contribution in [3.63, 3.8) is 0 Å². The first kappa shape index (κ1) is 8.74. The maximum atomic E-state index is 11.4. The fourth-order valence-electron chi connectivity index (χ4n) is 1.46. The van der Waals surface area contributed by atoms with Gasteiger partial charge in [-0.25, -0.2) is 0 Å². The van der Waals surface area contributed by atoms with Crippen LogP contribution in [0.1, 0.15) is 12.1 Å². The molecule has 4 nitrogen and oxygen atoms in total. The minimum absolute atomic E-state index is 0.205. The molecule has 0 aliphatic carbocycles. The molecular formula is C8H10BrN3O. The number of aromatic amines is 1. The van der Waals surface area contributed by atoms with Crippen LogP contribution in [0.2, 0.25) is 0 Å². The lowest BCUT2D eigenvalue weighted by molar-refractivity contribution is -0.128. The average Bonchev–Trinajstić information content (AvgIpc) is 2.63. The van der Waals surface area contributed by atoms with Gasteiger partial charge in [-0.3, -0.25) is 9.89 Å². The number of nitrogens with zero attached hydrogens (tertiary/aromatic N) is 2. The zero-order valence-electron chi connectivity index (χ0n) is 7.03. The van der Waals surface area contributed by atoms with E-state index in [1.165, 1.54) is 0 Å². The highest BCUT2D eigenvalue weighted by Gasteiger charge is 2.27. The summed E-state index contributed by atoms with van der Waals surface area (Å²) < 4.78 is 0. The van der Waals surface area contributed by atoms with Crippen molar-refractivity contribution in [3.8, 4) is 0 Å². The zero-order chi connectivity index (χ0) is 9.26. The van der Waals surface area contributed by atoms with Crippen molar-refractivity contribution < 1.29 is 4.79 Å². The summed E-state index contributed by atoms with van der Waals surface area (Å²) in [5, 5.41) is 6.67. The molecule has 0 bridgehead atoms. The largest absolute Gasteiger partial charge is 0.336 e. The van der Waals surface area contributed by atoms with Crippen molar-refractivity contribution in [3.05, 3.63) is 18.0 Å². The predicted octanol–water partition coefficient (Wildman–Crippen LogP) is 0.905. The number of aromatic nitrogens is 2. The Labute approximate surface area is 84.4 Å². The Bertz CT molecular complexity index is 298. The van der Waals surface area contributed by atoms with Gasteiger partial charge in [0.2, 0.25) is 5.91 Å². The standard InChI is InChI=1S/C8H10BrN3O/c9-6-3-8(13)12(4-6)5-7-1-2-10-11-7/h1-2,6H,3-5H2,(H,10,11). The van der Waals surface area contributed by atoms with E-state index in [0.717, 1.165) is 12.2 Å². The fraction of sp³-hybridized carbons (Fsp3) is 0.500. The molecule has 2 rings (SSSR count). The van der Waals surface area contributed by atoms with Crippen molar-refractivity contribution in [2.24, 2.45) is 0 Å². The molecule has 1 N–H and O–H groups in total. The Balaban J connectivity index is 1.99. The topological polar surface area (TPSA) is 49.0 Å². The van der Waals surface area contributed by atoms with E-state index in [2.05, 4.69) is 26.1 Å². The van der Waals surface area contributed by atoms with E-state index < -0.39 is 0 Å². The van der Waals surface area contributed by atoms with Gasteiger partial charge in [-0.1, -0.05) is 15.9 Å². The summed E-state index contributed by atoms with van der Waals surface area (Å²) in [5.41, 5.74) is 0.981. The second kappa shape index (κ2) is 3.49. The van der Waals surface area contributed by atoms with Crippen molar-refractivity contribution in [1.82, 2.24) is 15.1 Å². The highest BCUT2D eigenvalue weighted by molar-refractivity contribution is 9.09. The number of carbonyl (C=O) groups excluding carboxylic acids is 1. The summed E-state index contributed by atoms with van der Waals surface area (Å²) >= 11 is 3.43. The molecule has 2 heterocycles. The van der Waals surface area contributed by atoms with Gasteiger partial charge in [0.25, 0.3) is 0 Å². The number of hydrogen-bond donors (Lipinski definition) is 1. The Morgan fingerprint density at radius 2 is 2.62 bits per heavy atom. The van der Waals surface area contributed by atoms with Gasteiger partial charge in [0.15, 0.2) is 0 Å². The van der Waals surface area contributed by atoms with E-state index >= 15 is 0 Å². The lowest BCUT2D eigenvalue weighted by atomic mass is 10.4. The minimum Gasteiger partial charge on any atom is -0.336 e. The molecule has 1 aromatic rings. The first-order valence-electron chi connectivity index (χ1n) is 4.16. The van der Waals surface area contributed by atoms with E-state index in [4.69, 9.17) is 0 Å². The van der Waals surface area contributed by atoms with Gasteiger partial charge < -0.3 is 4.90 Å². The quantitative estimate of drug-likeness (QED) is 0.786. The van der Waals surface area contributed by atoms with Gasteiger partial charge in [-0.15, -0.1) is 0 Å². The van der Waals surface area contributed by atoms with Crippen LogP contribution in [0.4, 0.5) is 0 Å². The summed E-state index contributed by atoms with van der Waals surface area (Å²) in [6.07, 6.45) is 2.30. The second-order valence-corrected chi connectivity index (χ2v) is 4.45. The molecular weight excluding hydrogens is 234 g/mol. The molecule has 13 heavy (non-hydrogen) atoms. The molecule has 1 saturated heterocycles. The molecule has 1 amide bonds. The molecule has 1 aliphatic rings. The maximum absolute atomic E-state index is 11.4. The number of rotatable bonds is 2. The van der Waals surface area contributed by atoms with Crippen molar-refractivity contribution in [2.75, 3.05) is 6.54 Å². The Kier molecular flexibility index (Phi) is 2.35. The molecule has 1 fully saturated rings. The molecule has 1 atom stereocenters. The Morgan fingerprint density at radius 1 is 1.77 bits per heavy atom. The van der Waals surface area contributed by atoms with Crippen LogP contribution in [0, 0.1) is 0 Å². The van der Waals surface area contributed by atoms with Crippen molar-refractivity contribution in [1.29, 1.82) is 0 Å². The van der Waals surface area contributed by atoms with Crippen LogP contribution in [0.25, 0.3) is 0 Å². The molecule has 1 aromatic heterocycles. The van der Waals surface area contributed by atoms with Gasteiger partial charge in [0, 0.05) is 24.0 Å². The lowest BCUT2D eigenvalue weighted by Gasteiger charge is -2.13. The van der Waals surface area contributed by atoms with E-state index in [-0.39, 0.29) is 5.91 Å². The third-order valence-corrected chi connectivity index (χ3v) is 2.70. The first-order valence-corrected chi connectivity index (χ1v) is 5.07. The average molecular weight is 244 g/mol. The fourth-order valence-corrected chi connectivity index (χ4v) is 2.08. The van der Waals surface area contributed by atoms with Gasteiger partial charge in [-0.2, -0.15) is 5.10 Å². The highest BCUT2D eigenvalue weighted by Crippen LogP contribution is 2.19. The molecule has 0 spiro atoms. The first-order chi connectivity index (χ1) is 6.25. The predicted molar refractivity (Wildman–Crippen MR) is 51.3 cm³/mol. The molecule has 5 heteroatoms. The summed E-state index contributed by atoms with van der Waals surface area (Å²) in [7, 11) is 0. The summed E-state index contributed by atoms with van der Waals surface area (Å²) in [5.74, 6) is 0.205. The van der Waals surface area contributed by atoms with Gasteiger partial charge in [-0.05, 0) is 6.07 Å². The third-order valence-electron chi connectivity index (χ3n) is 2.09. The SMILES string of the molecule is O=C1CC(Br)CN1Cc1ccn[nH]1. The molecule has 1 aliphatic heterocycles. The number of likely N-dealkylation sites (tertiary alicyclic amines) is 1. The molecule has 70 valence electrons. The van der Waals surface area contributed by atoms with Crippen LogP contribution in [0.15, 0.2) is 12.3 Å². The molecule has 1 unspecified atom stereocenters. The number of amides is 1. The monoisotopic (exact) mass is 243 g/mol. The summed E-state index contributed by atoms with van der Waals surface area (Å²) in [6.45, 7) is 1.43. The Morgan fingerprint density at radius 3 is 3.15 bits per heavy atom. The second-order valence-electron chi connectivity index (χ2n) is 3.16. The lowest BCUT2D eigenvalue weighted by Crippen LogP contribution is -2.24. The normalized spacial score (nSPS) is 22.7. The van der Waals surface area contributed by atoms with Gasteiger partial charge in [0.1, 0.15) is 0 Å². The van der Waals surface area contributed by atoms with E-state index in [0.29, 0.717) is 17.8 Å². The number of hydrogen-bond acceptors (Lipinski definition) is 2. The number of nitrogens with one attached hydrogen (secondary N) is 1. The van der Waals surface area contributed by atoms with Crippen molar-refractivity contribution >= 4 is 21.8 Å². The van der Waals surface area contributed by atoms with Crippen LogP contribution in [-0.2, 0) is 11.3 Å². The van der Waals surface area contributed by atoms with Crippen LogP contribution in [-0.4, -0.2) is 32.4 Å². The van der Waals surface area contributed by atoms with Gasteiger partial charge in [0.05, 0.1) is 12.2 Å². The summed E-state index contributed by atoms with van der Waals surface area (Å²) in [4.78, 5) is 13.5. The molecule has 0 radical (unpaired) electrons. The number of halogens is 1. The van der Waals surface area contributed by atoms with Crippen LogP contribution < -0.4 is 0 Å². The van der Waals surface area contributed by atoms with E-state index in [1.807, 2.05) is 11.0 Å². The Hall–Kier alpha value is -0.840. The zero-order valence-corrected chi connectivity index (χ0v) is 8.62. The highest BCUT2D eigenvalue weighted by atomic mass is 79.9. The number of carbonyl (C=O) groups is 1. The smallest absolute Gasteiger partial charge is 0.224 e. The minimum atomic E-state index is 0.205. The van der Waals surface area contributed by atoms with Crippen LogP contribution in [0.3, 0.4) is 0 Å². The van der Waals surface area contributed by atoms with E-state index in [9.17, 15) is 4.79 Å². The van der Waals surface area contributed by atoms with Crippen LogP contribution in [0.5, 0.6) is 0 Å². The number of alkyl halides is 1. The van der Waals surface area contributed by atoms with Gasteiger partial charge >= 0.3 is 0 Å². The number of H-pyrrole nitrogens is 1. The van der Waals surface area contributed by atoms with Crippen LogP contribution >= 0.6 is 15.9 Å².